The molecule has 0 radical (unpaired) electrons. The Hall–Kier alpha value is -2.10. The van der Waals surface area contributed by atoms with Crippen molar-refractivity contribution in [1.29, 1.82) is 0 Å². The van der Waals surface area contributed by atoms with Gasteiger partial charge in [0.25, 0.3) is 0 Å². The lowest BCUT2D eigenvalue weighted by Crippen LogP contribution is -2.33. The highest BCUT2D eigenvalue weighted by molar-refractivity contribution is 6.07. The van der Waals surface area contributed by atoms with Crippen LogP contribution in [0.15, 0.2) is 18.2 Å². The molecule has 128 valence electrons. The summed E-state index contributed by atoms with van der Waals surface area (Å²) in [5, 5.41) is 0. The molecule has 1 fully saturated rings. The Morgan fingerprint density at radius 1 is 0.792 bits per heavy atom. The third kappa shape index (κ3) is 3.69. The molecule has 0 bridgehead atoms. The van der Waals surface area contributed by atoms with Gasteiger partial charge in [-0.3, -0.25) is 19.2 Å². The van der Waals surface area contributed by atoms with Crippen LogP contribution in [0.2, 0.25) is 0 Å². The number of hydrogen-bond donors (Lipinski definition) is 0. The fraction of sp³-hybridized carbons (Fsp3) is 0.500. The van der Waals surface area contributed by atoms with Gasteiger partial charge in [0, 0.05) is 23.0 Å². The maximum Gasteiger partial charge on any atom is 0.160 e. The second kappa shape index (κ2) is 7.20. The summed E-state index contributed by atoms with van der Waals surface area (Å²) in [7, 11) is 0. The third-order valence-corrected chi connectivity index (χ3v) is 5.17. The van der Waals surface area contributed by atoms with E-state index < -0.39 is 0 Å². The van der Waals surface area contributed by atoms with Crippen molar-refractivity contribution in [3.05, 3.63) is 34.9 Å². The normalized spacial score (nSPS) is 23.6. The van der Waals surface area contributed by atoms with Crippen molar-refractivity contribution in [2.24, 2.45) is 11.8 Å². The first-order chi connectivity index (χ1) is 11.2. The first kappa shape index (κ1) is 18.2. The standard InChI is InChI=1S/C20H24O4/c1-11(21)17-7-5-15(9-19(17)13(3)23)16-6-8-18(12(2)22)20(10-16)14(4)24/h5,7,9,16,18,20H,6,8,10H2,1-4H3. The van der Waals surface area contributed by atoms with E-state index in [4.69, 9.17) is 0 Å². The molecule has 1 aliphatic rings. The van der Waals surface area contributed by atoms with Crippen molar-refractivity contribution in [3.63, 3.8) is 0 Å². The summed E-state index contributed by atoms with van der Waals surface area (Å²) in [5.74, 6) is -0.459. The highest BCUT2D eigenvalue weighted by Gasteiger charge is 2.36. The lowest BCUT2D eigenvalue weighted by atomic mass is 9.69. The smallest absolute Gasteiger partial charge is 0.160 e. The molecule has 0 aromatic heterocycles. The minimum absolute atomic E-state index is 0.0482. The second-order valence-corrected chi connectivity index (χ2v) is 6.86. The van der Waals surface area contributed by atoms with Crippen LogP contribution in [0.3, 0.4) is 0 Å². The molecule has 1 saturated carbocycles. The van der Waals surface area contributed by atoms with Crippen LogP contribution in [0.1, 0.15) is 79.2 Å². The Morgan fingerprint density at radius 2 is 1.38 bits per heavy atom. The molecule has 0 spiro atoms. The van der Waals surface area contributed by atoms with Crippen molar-refractivity contribution in [1.82, 2.24) is 0 Å². The fourth-order valence-electron chi connectivity index (χ4n) is 3.82. The zero-order valence-electron chi connectivity index (χ0n) is 14.7. The van der Waals surface area contributed by atoms with E-state index in [0.717, 1.165) is 12.0 Å². The molecule has 0 saturated heterocycles. The van der Waals surface area contributed by atoms with Gasteiger partial charge in [0.05, 0.1) is 0 Å². The van der Waals surface area contributed by atoms with Gasteiger partial charge in [0.1, 0.15) is 11.6 Å². The van der Waals surface area contributed by atoms with Gasteiger partial charge in [-0.15, -0.1) is 0 Å². The molecule has 0 amide bonds. The van der Waals surface area contributed by atoms with E-state index in [1.54, 1.807) is 26.0 Å². The van der Waals surface area contributed by atoms with Crippen LogP contribution in [0.4, 0.5) is 0 Å². The Kier molecular flexibility index (Phi) is 5.47. The fourth-order valence-corrected chi connectivity index (χ4v) is 3.82. The van der Waals surface area contributed by atoms with Crippen LogP contribution in [-0.4, -0.2) is 23.1 Å². The van der Waals surface area contributed by atoms with Gasteiger partial charge in [-0.25, -0.2) is 0 Å². The first-order valence-electron chi connectivity index (χ1n) is 8.39. The molecule has 0 aliphatic heterocycles. The molecule has 3 unspecified atom stereocenters. The molecule has 2 rings (SSSR count). The lowest BCUT2D eigenvalue weighted by molar-refractivity contribution is -0.132. The molecule has 24 heavy (non-hydrogen) atoms. The maximum absolute atomic E-state index is 12.0. The van der Waals surface area contributed by atoms with E-state index in [-0.39, 0.29) is 40.9 Å². The summed E-state index contributed by atoms with van der Waals surface area (Å²) >= 11 is 0. The van der Waals surface area contributed by atoms with E-state index in [9.17, 15) is 19.2 Å². The first-order valence-corrected chi connectivity index (χ1v) is 8.39. The molecule has 4 nitrogen and oxygen atoms in total. The topological polar surface area (TPSA) is 68.3 Å². The summed E-state index contributed by atoms with van der Waals surface area (Å²) in [6.45, 7) is 6.00. The number of benzene rings is 1. The van der Waals surface area contributed by atoms with Crippen molar-refractivity contribution >= 4 is 23.1 Å². The number of carbonyl (C=O) groups excluding carboxylic acids is 4. The number of rotatable bonds is 5. The quantitative estimate of drug-likeness (QED) is 0.772. The van der Waals surface area contributed by atoms with Crippen LogP contribution >= 0.6 is 0 Å². The van der Waals surface area contributed by atoms with E-state index in [0.29, 0.717) is 24.0 Å². The summed E-state index contributed by atoms with van der Waals surface area (Å²) in [4.78, 5) is 47.3. The van der Waals surface area contributed by atoms with Crippen molar-refractivity contribution in [2.45, 2.75) is 52.9 Å². The van der Waals surface area contributed by atoms with Gasteiger partial charge in [-0.05, 0) is 64.5 Å². The average molecular weight is 328 g/mol. The zero-order chi connectivity index (χ0) is 18.0. The van der Waals surface area contributed by atoms with E-state index in [2.05, 4.69) is 0 Å². The Balaban J connectivity index is 2.34. The van der Waals surface area contributed by atoms with Crippen LogP contribution in [0.5, 0.6) is 0 Å². The molecular weight excluding hydrogens is 304 g/mol. The Labute approximate surface area is 142 Å². The van der Waals surface area contributed by atoms with Crippen LogP contribution in [0, 0.1) is 11.8 Å². The van der Waals surface area contributed by atoms with Gasteiger partial charge >= 0.3 is 0 Å². The monoisotopic (exact) mass is 328 g/mol. The number of ketones is 4. The summed E-state index contributed by atoms with van der Waals surface area (Å²) in [6, 6.07) is 5.36. The average Bonchev–Trinajstić information content (AvgIpc) is 2.53. The van der Waals surface area contributed by atoms with Gasteiger partial charge in [-0.2, -0.15) is 0 Å². The van der Waals surface area contributed by atoms with E-state index in [1.807, 2.05) is 6.07 Å². The minimum atomic E-state index is -0.255. The lowest BCUT2D eigenvalue weighted by Gasteiger charge is -2.34. The molecule has 0 N–H and O–H groups in total. The molecular formula is C20H24O4. The van der Waals surface area contributed by atoms with Gasteiger partial charge < -0.3 is 0 Å². The van der Waals surface area contributed by atoms with Crippen LogP contribution < -0.4 is 0 Å². The molecule has 1 aromatic carbocycles. The summed E-state index contributed by atoms with van der Waals surface area (Å²) in [6.07, 6.45) is 2.12. The van der Waals surface area contributed by atoms with E-state index >= 15 is 0 Å². The predicted molar refractivity (Wildman–Crippen MR) is 91.4 cm³/mol. The summed E-state index contributed by atoms with van der Waals surface area (Å²) < 4.78 is 0. The highest BCUT2D eigenvalue weighted by Crippen LogP contribution is 2.41. The third-order valence-electron chi connectivity index (χ3n) is 5.17. The van der Waals surface area contributed by atoms with Gasteiger partial charge in [-0.1, -0.05) is 12.1 Å². The molecule has 1 aliphatic carbocycles. The van der Waals surface area contributed by atoms with Gasteiger partial charge in [0.15, 0.2) is 11.6 Å². The largest absolute Gasteiger partial charge is 0.300 e. The van der Waals surface area contributed by atoms with Crippen molar-refractivity contribution < 1.29 is 19.2 Å². The molecule has 3 atom stereocenters. The highest BCUT2D eigenvalue weighted by atomic mass is 16.1. The van der Waals surface area contributed by atoms with Crippen molar-refractivity contribution in [2.75, 3.05) is 0 Å². The number of hydrogen-bond acceptors (Lipinski definition) is 4. The summed E-state index contributed by atoms with van der Waals surface area (Å²) in [5.41, 5.74) is 1.85. The van der Waals surface area contributed by atoms with Gasteiger partial charge in [0.2, 0.25) is 0 Å². The Morgan fingerprint density at radius 3 is 1.88 bits per heavy atom. The maximum atomic E-state index is 12.0. The molecule has 0 heterocycles. The number of carbonyl (C=O) groups is 4. The second-order valence-electron chi connectivity index (χ2n) is 6.86. The van der Waals surface area contributed by atoms with Crippen molar-refractivity contribution in [3.8, 4) is 0 Å². The zero-order valence-corrected chi connectivity index (χ0v) is 14.7. The van der Waals surface area contributed by atoms with Crippen LogP contribution in [-0.2, 0) is 9.59 Å². The van der Waals surface area contributed by atoms with E-state index in [1.165, 1.54) is 13.8 Å². The molecule has 4 heteroatoms. The minimum Gasteiger partial charge on any atom is -0.300 e. The van der Waals surface area contributed by atoms with Crippen LogP contribution in [0.25, 0.3) is 0 Å². The number of Topliss-reactive ketones (excluding diaryl/α,β-unsaturated/α-hetero) is 4. The predicted octanol–water partition coefficient (Wildman–Crippen LogP) is 3.77. The Bertz CT molecular complexity index is 702. The molecule has 1 aromatic rings. The SMILES string of the molecule is CC(=O)c1ccc(C2CCC(C(C)=O)C(C(C)=O)C2)cc1C(C)=O.